The number of benzene rings is 7. The average molecular weight is 790 g/mol. The van der Waals surface area contributed by atoms with Crippen molar-refractivity contribution in [3.63, 3.8) is 0 Å². The summed E-state index contributed by atoms with van der Waals surface area (Å²) in [6, 6.07) is 85.6. The van der Waals surface area contributed by atoms with Gasteiger partial charge in [0.25, 0.3) is 0 Å². The Kier molecular flexibility index (Phi) is 8.43. The van der Waals surface area contributed by atoms with Crippen LogP contribution >= 0.6 is 0 Å². The summed E-state index contributed by atoms with van der Waals surface area (Å²) in [5.74, 6) is 2.79. The molecule has 4 heterocycles. The first-order chi connectivity index (χ1) is 29.3. The second kappa shape index (κ2) is 14.2. The van der Waals surface area contributed by atoms with Crippen LogP contribution < -0.4 is 29.2 Å². The van der Waals surface area contributed by atoms with E-state index in [2.05, 4.69) is 250 Å². The van der Waals surface area contributed by atoms with E-state index in [4.69, 9.17) is 9.97 Å². The minimum atomic E-state index is -3.28. The Labute approximate surface area is 346 Å². The third-order valence-corrected chi connectivity index (χ3v) is 23.7. The van der Waals surface area contributed by atoms with Crippen LogP contribution in [-0.2, 0) is 0 Å². The second-order valence-electron chi connectivity index (χ2n) is 15.0. The first-order valence-corrected chi connectivity index (χ1v) is 23.9. The van der Waals surface area contributed by atoms with Crippen molar-refractivity contribution in [3.05, 3.63) is 237 Å². The quantitative estimate of drug-likeness (QED) is 0.144. The van der Waals surface area contributed by atoms with E-state index in [1.54, 1.807) is 0 Å². The van der Waals surface area contributed by atoms with Crippen molar-refractivity contribution in [2.45, 2.75) is 0 Å². The summed E-state index contributed by atoms with van der Waals surface area (Å²) in [4.78, 5) is 11.5. The van der Waals surface area contributed by atoms with Crippen LogP contribution in [0.3, 0.4) is 0 Å². The zero-order chi connectivity index (χ0) is 39.2. The molecule has 1 aliphatic rings. The number of pyridine rings is 2. The fraction of sp³-hybridized carbons (Fsp3) is 0. The van der Waals surface area contributed by atoms with Gasteiger partial charge < -0.3 is 8.46 Å². The topological polar surface area (TPSA) is 37.2 Å². The van der Waals surface area contributed by atoms with Crippen LogP contribution in [0.1, 0.15) is 0 Å². The van der Waals surface area contributed by atoms with Gasteiger partial charge in [0.1, 0.15) is 17.5 Å². The van der Waals surface area contributed by atoms with Gasteiger partial charge in [0, 0.05) is 16.3 Å². The fourth-order valence-corrected chi connectivity index (χ4v) is 24.5. The van der Waals surface area contributed by atoms with E-state index in [1.165, 1.54) is 31.5 Å². The third-order valence-electron chi connectivity index (χ3n) is 11.8. The highest BCUT2D eigenvalue weighted by atomic mass is 28.5. The summed E-state index contributed by atoms with van der Waals surface area (Å²) < 4.78 is 7.97. The minimum Gasteiger partial charge on any atom is -0.363 e. The number of hydrogen-bond acceptors (Lipinski definition) is 4. The normalized spacial score (nSPS) is 14.3. The number of aromatic nitrogens is 3. The lowest BCUT2D eigenvalue weighted by Gasteiger charge is -2.71. The number of nitrogens with zero attached hydrogens (tertiary/aromatic N) is 5. The first kappa shape index (κ1) is 34.9. The smallest absolute Gasteiger partial charge is 0.320 e. The van der Waals surface area contributed by atoms with Crippen molar-refractivity contribution in [2.75, 3.05) is 8.46 Å². The van der Waals surface area contributed by atoms with Crippen LogP contribution in [0, 0.1) is 0 Å². The molecule has 10 aromatic rings. The average Bonchev–Trinajstić information content (AvgIpc) is 3.65. The number of anilines is 2. The molecular formula is C52H39N5Si2. The SMILES string of the molecule is c1ccc(-c2cccc(N3[Si](c4ccccc4)(c4ccccc4)N(c4cccc(-n5c6ccccc6c6ccccc65)n4)[Si]3(c3ccccc3)c3ccccc3)n2)cc1. The molecule has 1 saturated heterocycles. The monoisotopic (exact) mass is 789 g/mol. The molecule has 280 valence electrons. The van der Waals surface area contributed by atoms with E-state index in [9.17, 15) is 0 Å². The largest absolute Gasteiger partial charge is 0.363 e. The van der Waals surface area contributed by atoms with Gasteiger partial charge >= 0.3 is 16.8 Å². The van der Waals surface area contributed by atoms with Gasteiger partial charge in [-0.15, -0.1) is 0 Å². The molecule has 0 amide bonds. The maximum absolute atomic E-state index is 5.83. The van der Waals surface area contributed by atoms with Crippen molar-refractivity contribution in [1.82, 2.24) is 14.5 Å². The number of rotatable bonds is 8. The van der Waals surface area contributed by atoms with Crippen LogP contribution in [0.2, 0.25) is 0 Å². The highest BCUT2D eigenvalue weighted by molar-refractivity contribution is 7.38. The molecule has 11 rings (SSSR count). The lowest BCUT2D eigenvalue weighted by atomic mass is 10.1. The molecule has 1 aliphatic heterocycles. The highest BCUT2D eigenvalue weighted by Crippen LogP contribution is 2.45. The molecule has 0 N–H and O–H groups in total. The van der Waals surface area contributed by atoms with E-state index in [0.29, 0.717) is 0 Å². The molecule has 0 unspecified atom stereocenters. The van der Waals surface area contributed by atoms with E-state index >= 15 is 0 Å². The summed E-state index contributed by atoms with van der Waals surface area (Å²) in [5.41, 5.74) is 4.30. The van der Waals surface area contributed by atoms with Gasteiger partial charge in [-0.1, -0.05) is 200 Å². The van der Waals surface area contributed by atoms with Crippen molar-refractivity contribution in [3.8, 4) is 17.1 Å². The molecule has 0 aliphatic carbocycles. The standard InChI is InChI=1S/C52H39N5Si2/c1-6-22-40(23-7-1)47-34-20-38-51(53-47)56-58(41-24-8-2-9-25-41,42-26-10-3-11-27-42)57(59(56,43-28-12-4-13-29-43)44-30-14-5-15-31-44)52-39-21-37-50(54-52)55-48-35-18-16-32-45(48)46-33-17-19-36-49(46)55/h1-39H. The van der Waals surface area contributed by atoms with Crippen LogP contribution in [0.15, 0.2) is 237 Å². The zero-order valence-electron chi connectivity index (χ0n) is 32.3. The Bertz CT molecular complexity index is 2850. The van der Waals surface area contributed by atoms with Gasteiger partial charge in [0.15, 0.2) is 0 Å². The van der Waals surface area contributed by atoms with Crippen LogP contribution in [0.5, 0.6) is 0 Å². The van der Waals surface area contributed by atoms with Gasteiger partial charge in [-0.25, -0.2) is 9.97 Å². The highest BCUT2D eigenvalue weighted by Gasteiger charge is 2.75. The molecule has 0 radical (unpaired) electrons. The summed E-state index contributed by atoms with van der Waals surface area (Å²) in [7, 11) is -6.56. The van der Waals surface area contributed by atoms with E-state index in [1.807, 2.05) is 0 Å². The Hall–Kier alpha value is -7.33. The van der Waals surface area contributed by atoms with Gasteiger partial charge in [-0.05, 0) is 57.1 Å². The maximum Gasteiger partial charge on any atom is 0.320 e. The Morgan fingerprint density at radius 3 is 1.10 bits per heavy atom. The molecule has 3 aromatic heterocycles. The summed E-state index contributed by atoms with van der Waals surface area (Å²) in [6.45, 7) is 0. The molecular weight excluding hydrogens is 751 g/mol. The minimum absolute atomic E-state index is 0.885. The molecule has 7 heteroatoms. The van der Waals surface area contributed by atoms with Gasteiger partial charge in [0.2, 0.25) is 0 Å². The fourth-order valence-electron chi connectivity index (χ4n) is 9.48. The molecule has 1 fully saturated rings. The molecule has 59 heavy (non-hydrogen) atoms. The second-order valence-corrected chi connectivity index (χ2v) is 22.6. The van der Waals surface area contributed by atoms with Crippen LogP contribution in [0.25, 0.3) is 38.9 Å². The van der Waals surface area contributed by atoms with E-state index in [-0.39, 0.29) is 0 Å². The van der Waals surface area contributed by atoms with E-state index in [0.717, 1.165) is 39.7 Å². The predicted molar refractivity (Wildman–Crippen MR) is 249 cm³/mol. The lowest BCUT2D eigenvalue weighted by molar-refractivity contribution is 1.05. The lowest BCUT2D eigenvalue weighted by Crippen LogP contribution is -3.07. The molecule has 0 atom stereocenters. The molecule has 7 aromatic carbocycles. The third kappa shape index (κ3) is 5.29. The Morgan fingerprint density at radius 2 is 0.644 bits per heavy atom. The Morgan fingerprint density at radius 1 is 0.288 bits per heavy atom. The van der Waals surface area contributed by atoms with Gasteiger partial charge in [0.05, 0.1) is 16.7 Å². The van der Waals surface area contributed by atoms with Crippen molar-refractivity contribution >= 4 is 71.0 Å². The molecule has 0 spiro atoms. The molecule has 0 bridgehead atoms. The Balaban J connectivity index is 1.28. The molecule has 0 saturated carbocycles. The van der Waals surface area contributed by atoms with Crippen molar-refractivity contribution < 1.29 is 0 Å². The van der Waals surface area contributed by atoms with E-state index < -0.39 is 16.8 Å². The predicted octanol–water partition coefficient (Wildman–Crippen LogP) is 9.08. The summed E-state index contributed by atoms with van der Waals surface area (Å²) >= 11 is 0. The van der Waals surface area contributed by atoms with Crippen LogP contribution in [-0.4, -0.2) is 31.3 Å². The zero-order valence-corrected chi connectivity index (χ0v) is 34.3. The van der Waals surface area contributed by atoms with Crippen molar-refractivity contribution in [1.29, 1.82) is 0 Å². The van der Waals surface area contributed by atoms with Gasteiger partial charge in [-0.3, -0.25) is 4.57 Å². The maximum atomic E-state index is 5.83. The first-order valence-electron chi connectivity index (χ1n) is 20.1. The summed E-state index contributed by atoms with van der Waals surface area (Å²) in [6.07, 6.45) is 0. The summed E-state index contributed by atoms with van der Waals surface area (Å²) in [5, 5.41) is 7.47. The number of para-hydroxylation sites is 2. The van der Waals surface area contributed by atoms with Crippen LogP contribution in [0.4, 0.5) is 11.6 Å². The number of hydrogen-bond donors (Lipinski definition) is 0. The molecule has 5 nitrogen and oxygen atoms in total. The number of fused-ring (bicyclic) bond motifs is 3. The van der Waals surface area contributed by atoms with Crippen molar-refractivity contribution in [2.24, 2.45) is 0 Å². The van der Waals surface area contributed by atoms with Gasteiger partial charge in [-0.2, -0.15) is 0 Å².